The number of rotatable bonds is 5. The van der Waals surface area contributed by atoms with Gasteiger partial charge in [0.2, 0.25) is 5.91 Å². The summed E-state index contributed by atoms with van der Waals surface area (Å²) in [7, 11) is 0. The molecule has 4 aromatic rings. The number of fused-ring (bicyclic) bond motifs is 2. The second-order valence-corrected chi connectivity index (χ2v) is 8.13. The summed E-state index contributed by atoms with van der Waals surface area (Å²) < 4.78 is 1.87. The zero-order valence-electron chi connectivity index (χ0n) is 17.9. The maximum absolute atomic E-state index is 12.9. The van der Waals surface area contributed by atoms with Gasteiger partial charge in [0.15, 0.2) is 5.69 Å². The van der Waals surface area contributed by atoms with E-state index in [0.29, 0.717) is 5.69 Å². The van der Waals surface area contributed by atoms with Crippen molar-refractivity contribution < 1.29 is 9.59 Å². The topological polar surface area (TPSA) is 76.0 Å². The van der Waals surface area contributed by atoms with Gasteiger partial charge in [-0.15, -0.1) is 0 Å². The summed E-state index contributed by atoms with van der Waals surface area (Å²) >= 11 is 0. The number of nitrogens with zero attached hydrogens (tertiary/aromatic N) is 2. The second kappa shape index (κ2) is 8.30. The monoisotopic (exact) mass is 424 g/mol. The molecule has 1 heterocycles. The first-order chi connectivity index (χ1) is 15.6. The lowest BCUT2D eigenvalue weighted by atomic mass is 10.1. The van der Waals surface area contributed by atoms with Crippen LogP contribution in [-0.2, 0) is 17.6 Å². The van der Waals surface area contributed by atoms with E-state index in [1.807, 2.05) is 78.3 Å². The molecule has 1 aromatic heterocycles. The van der Waals surface area contributed by atoms with Gasteiger partial charge >= 0.3 is 0 Å². The van der Waals surface area contributed by atoms with E-state index in [1.165, 1.54) is 5.56 Å². The van der Waals surface area contributed by atoms with Gasteiger partial charge in [-0.2, -0.15) is 5.10 Å². The van der Waals surface area contributed by atoms with Crippen LogP contribution in [0.5, 0.6) is 0 Å². The number of aryl methyl sites for hydroxylation is 1. The van der Waals surface area contributed by atoms with Crippen molar-refractivity contribution in [3.63, 3.8) is 0 Å². The maximum atomic E-state index is 12.9. The Balaban J connectivity index is 1.31. The minimum Gasteiger partial charge on any atom is -0.342 e. The minimum absolute atomic E-state index is 0.117. The fraction of sp³-hybridized carbons (Fsp3) is 0.192. The number of aromatic nitrogens is 2. The van der Waals surface area contributed by atoms with E-state index >= 15 is 0 Å². The Labute approximate surface area is 186 Å². The first-order valence-electron chi connectivity index (χ1n) is 10.8. The molecule has 1 aliphatic carbocycles. The molecule has 0 saturated carbocycles. The summed E-state index contributed by atoms with van der Waals surface area (Å²) in [6, 6.07) is 21.7. The zero-order chi connectivity index (χ0) is 22.1. The summed E-state index contributed by atoms with van der Waals surface area (Å²) in [4.78, 5) is 25.4. The van der Waals surface area contributed by atoms with E-state index in [-0.39, 0.29) is 18.4 Å². The molecule has 32 heavy (non-hydrogen) atoms. The fourth-order valence-corrected chi connectivity index (χ4v) is 4.29. The van der Waals surface area contributed by atoms with Crippen LogP contribution in [0.25, 0.3) is 16.5 Å². The molecule has 0 spiro atoms. The SMILES string of the molecule is Cc1ccc(-n2nc(C(=O)NCC(=O)Nc3cccc4ccccc34)c3c2CCC3)cc1. The predicted molar refractivity (Wildman–Crippen MR) is 125 cm³/mol. The molecule has 0 unspecified atom stereocenters. The molecule has 2 amide bonds. The minimum atomic E-state index is -0.318. The Morgan fingerprint density at radius 1 is 0.969 bits per heavy atom. The molecule has 0 radical (unpaired) electrons. The highest BCUT2D eigenvalue weighted by atomic mass is 16.2. The van der Waals surface area contributed by atoms with Crippen molar-refractivity contribution >= 4 is 28.3 Å². The first-order valence-corrected chi connectivity index (χ1v) is 10.8. The van der Waals surface area contributed by atoms with Crippen LogP contribution in [0.1, 0.15) is 33.7 Å². The Kier molecular flexibility index (Phi) is 5.19. The summed E-state index contributed by atoms with van der Waals surface area (Å²) in [5, 5.41) is 12.3. The van der Waals surface area contributed by atoms with Gasteiger partial charge in [0.25, 0.3) is 5.91 Å². The van der Waals surface area contributed by atoms with Gasteiger partial charge in [-0.25, -0.2) is 4.68 Å². The van der Waals surface area contributed by atoms with Gasteiger partial charge in [-0.05, 0) is 49.8 Å². The van der Waals surface area contributed by atoms with Crippen LogP contribution in [0.15, 0.2) is 66.7 Å². The van der Waals surface area contributed by atoms with Crippen LogP contribution >= 0.6 is 0 Å². The largest absolute Gasteiger partial charge is 0.342 e. The number of nitrogens with one attached hydrogen (secondary N) is 2. The Morgan fingerprint density at radius 3 is 2.59 bits per heavy atom. The van der Waals surface area contributed by atoms with Crippen molar-refractivity contribution in [2.75, 3.05) is 11.9 Å². The van der Waals surface area contributed by atoms with Gasteiger partial charge in [0, 0.05) is 22.3 Å². The lowest BCUT2D eigenvalue weighted by molar-refractivity contribution is -0.115. The average molecular weight is 425 g/mol. The molecule has 2 N–H and O–H groups in total. The van der Waals surface area contributed by atoms with Crippen LogP contribution < -0.4 is 10.6 Å². The Bertz CT molecular complexity index is 1320. The van der Waals surface area contributed by atoms with E-state index in [4.69, 9.17) is 0 Å². The van der Waals surface area contributed by atoms with Crippen LogP contribution in [0.2, 0.25) is 0 Å². The standard InChI is InChI=1S/C26H24N4O2/c1-17-12-14-19(15-13-17)30-23-11-5-9-21(23)25(29-30)26(32)27-16-24(31)28-22-10-4-7-18-6-2-3-8-20(18)22/h2-4,6-8,10,12-15H,5,9,11,16H2,1H3,(H,27,32)(H,28,31). The predicted octanol–water partition coefficient (Wildman–Crippen LogP) is 4.19. The molecule has 0 fully saturated rings. The van der Waals surface area contributed by atoms with Crippen LogP contribution in [0, 0.1) is 6.92 Å². The molecule has 0 aliphatic heterocycles. The van der Waals surface area contributed by atoms with Crippen molar-refractivity contribution in [2.24, 2.45) is 0 Å². The number of anilines is 1. The third-order valence-electron chi connectivity index (χ3n) is 5.90. The number of hydrogen-bond acceptors (Lipinski definition) is 3. The Morgan fingerprint density at radius 2 is 1.75 bits per heavy atom. The van der Waals surface area contributed by atoms with Crippen LogP contribution in [0.4, 0.5) is 5.69 Å². The summed E-state index contributed by atoms with van der Waals surface area (Å²) in [6.07, 6.45) is 2.72. The normalized spacial score (nSPS) is 12.5. The molecule has 6 heteroatoms. The highest BCUT2D eigenvalue weighted by Gasteiger charge is 2.27. The Hall–Kier alpha value is -3.93. The van der Waals surface area contributed by atoms with Crippen LogP contribution in [0.3, 0.4) is 0 Å². The molecule has 3 aromatic carbocycles. The molecular formula is C26H24N4O2. The van der Waals surface area contributed by atoms with Crippen molar-refractivity contribution in [3.8, 4) is 5.69 Å². The van der Waals surface area contributed by atoms with Gasteiger partial charge < -0.3 is 10.6 Å². The fourth-order valence-electron chi connectivity index (χ4n) is 4.29. The van der Waals surface area contributed by atoms with E-state index < -0.39 is 0 Å². The van der Waals surface area contributed by atoms with Gasteiger partial charge in [-0.1, -0.05) is 54.1 Å². The van der Waals surface area contributed by atoms with E-state index in [0.717, 1.165) is 52.7 Å². The molecule has 0 bridgehead atoms. The lowest BCUT2D eigenvalue weighted by Crippen LogP contribution is -2.33. The zero-order valence-corrected chi connectivity index (χ0v) is 17.9. The third kappa shape index (κ3) is 3.75. The van der Waals surface area contributed by atoms with E-state index in [2.05, 4.69) is 15.7 Å². The number of amides is 2. The molecular weight excluding hydrogens is 400 g/mol. The highest BCUT2D eigenvalue weighted by Crippen LogP contribution is 2.28. The molecule has 6 nitrogen and oxygen atoms in total. The van der Waals surface area contributed by atoms with E-state index in [9.17, 15) is 9.59 Å². The molecule has 5 rings (SSSR count). The number of benzene rings is 3. The number of hydrogen-bond donors (Lipinski definition) is 2. The summed E-state index contributed by atoms with van der Waals surface area (Å²) in [5.41, 5.74) is 5.33. The number of carbonyl (C=O) groups excluding carboxylic acids is 2. The average Bonchev–Trinajstić information content (AvgIpc) is 3.41. The first kappa shape index (κ1) is 20.0. The molecule has 1 aliphatic rings. The van der Waals surface area contributed by atoms with Gasteiger partial charge in [0.1, 0.15) is 0 Å². The van der Waals surface area contributed by atoms with Crippen molar-refractivity contribution in [3.05, 3.63) is 89.2 Å². The molecule has 160 valence electrons. The third-order valence-corrected chi connectivity index (χ3v) is 5.90. The van der Waals surface area contributed by atoms with Crippen molar-refractivity contribution in [1.82, 2.24) is 15.1 Å². The number of carbonyl (C=O) groups is 2. The lowest BCUT2D eigenvalue weighted by Gasteiger charge is -2.09. The van der Waals surface area contributed by atoms with Crippen molar-refractivity contribution in [2.45, 2.75) is 26.2 Å². The molecule has 0 atom stereocenters. The second-order valence-electron chi connectivity index (χ2n) is 8.13. The highest BCUT2D eigenvalue weighted by molar-refractivity contribution is 6.04. The summed E-state index contributed by atoms with van der Waals surface area (Å²) in [5.74, 6) is -0.591. The molecule has 0 saturated heterocycles. The van der Waals surface area contributed by atoms with Gasteiger partial charge in [-0.3, -0.25) is 9.59 Å². The van der Waals surface area contributed by atoms with Crippen molar-refractivity contribution in [1.29, 1.82) is 0 Å². The maximum Gasteiger partial charge on any atom is 0.272 e. The van der Waals surface area contributed by atoms with E-state index in [1.54, 1.807) is 0 Å². The smallest absolute Gasteiger partial charge is 0.272 e. The van der Waals surface area contributed by atoms with Crippen LogP contribution in [-0.4, -0.2) is 28.1 Å². The quantitative estimate of drug-likeness (QED) is 0.504. The van der Waals surface area contributed by atoms with Gasteiger partial charge in [0.05, 0.1) is 12.2 Å². The summed E-state index contributed by atoms with van der Waals surface area (Å²) in [6.45, 7) is 1.92.